The van der Waals surface area contributed by atoms with Gasteiger partial charge < -0.3 is 28.8 Å². The summed E-state index contributed by atoms with van der Waals surface area (Å²) in [5, 5.41) is 13.8. The van der Waals surface area contributed by atoms with E-state index in [1.54, 1.807) is 0 Å². The molecule has 0 saturated carbocycles. The van der Waals surface area contributed by atoms with Crippen LogP contribution in [0.4, 0.5) is 0 Å². The summed E-state index contributed by atoms with van der Waals surface area (Å²) in [5.74, 6) is -0.173. The lowest BCUT2D eigenvalue weighted by molar-refractivity contribution is -0.870. The Morgan fingerprint density at radius 1 is 0.739 bits per heavy atom. The Balaban J connectivity index is 4.42. The van der Waals surface area contributed by atoms with E-state index in [1.165, 1.54) is 103 Å². The molecule has 9 heteroatoms. The van der Waals surface area contributed by atoms with Crippen molar-refractivity contribution < 1.29 is 32.9 Å². The van der Waals surface area contributed by atoms with Crippen LogP contribution >= 0.6 is 7.82 Å². The topological polar surface area (TPSA) is 108 Å². The van der Waals surface area contributed by atoms with Gasteiger partial charge in [-0.1, -0.05) is 135 Å². The summed E-state index contributed by atoms with van der Waals surface area (Å²) in [6.07, 6.45) is 30.7. The van der Waals surface area contributed by atoms with Crippen LogP contribution in [0, 0.1) is 0 Å². The first-order valence-corrected chi connectivity index (χ1v) is 20.5. The standard InChI is InChI=1S/C37H75N2O6P/c1-6-8-10-12-14-16-17-18-19-20-21-23-25-27-29-31-37(41)38-35(34-45-46(42,43)44-33-32-39(3,4)5)36(40)30-28-26-24-22-15-13-11-9-7-2/h16-17,35-36,40H,6-15,18-34H2,1-5H3,(H-,38,41,42,43)/b17-16-. The number of carbonyl (C=O) groups is 1. The first-order chi connectivity index (χ1) is 22.0. The van der Waals surface area contributed by atoms with Gasteiger partial charge in [-0.2, -0.15) is 0 Å². The van der Waals surface area contributed by atoms with Crippen LogP contribution in [0.5, 0.6) is 0 Å². The average Bonchev–Trinajstić information content (AvgIpc) is 2.99. The molecule has 0 saturated heterocycles. The number of amides is 1. The van der Waals surface area contributed by atoms with E-state index in [9.17, 15) is 19.4 Å². The fourth-order valence-corrected chi connectivity index (χ4v) is 6.11. The zero-order chi connectivity index (χ0) is 34.4. The molecular weight excluding hydrogens is 599 g/mol. The zero-order valence-electron chi connectivity index (χ0n) is 30.8. The second-order valence-corrected chi connectivity index (χ2v) is 15.7. The maximum Gasteiger partial charge on any atom is 0.268 e. The van der Waals surface area contributed by atoms with Crippen molar-refractivity contribution >= 4 is 13.7 Å². The molecule has 3 atom stereocenters. The van der Waals surface area contributed by atoms with Gasteiger partial charge in [0.15, 0.2) is 0 Å². The Labute approximate surface area is 284 Å². The number of rotatable bonds is 34. The molecule has 0 aromatic carbocycles. The molecule has 0 aliphatic rings. The molecule has 8 nitrogen and oxygen atoms in total. The quantitative estimate of drug-likeness (QED) is 0.0305. The Morgan fingerprint density at radius 3 is 1.72 bits per heavy atom. The van der Waals surface area contributed by atoms with Crippen LogP contribution < -0.4 is 10.2 Å². The number of phosphoric ester groups is 1. The Bertz CT molecular complexity index is 773. The molecule has 0 rings (SSSR count). The van der Waals surface area contributed by atoms with Crippen molar-refractivity contribution in [2.75, 3.05) is 40.9 Å². The highest BCUT2D eigenvalue weighted by Crippen LogP contribution is 2.38. The number of hydrogen-bond acceptors (Lipinski definition) is 6. The predicted molar refractivity (Wildman–Crippen MR) is 192 cm³/mol. The molecule has 274 valence electrons. The Hall–Kier alpha value is -0.760. The first-order valence-electron chi connectivity index (χ1n) is 19.0. The molecule has 0 bridgehead atoms. The van der Waals surface area contributed by atoms with E-state index in [0.717, 1.165) is 38.5 Å². The van der Waals surface area contributed by atoms with Crippen molar-refractivity contribution in [3.63, 3.8) is 0 Å². The van der Waals surface area contributed by atoms with Gasteiger partial charge in [0.1, 0.15) is 13.2 Å². The molecule has 1 amide bonds. The van der Waals surface area contributed by atoms with Crippen molar-refractivity contribution in [2.24, 2.45) is 0 Å². The van der Waals surface area contributed by atoms with Gasteiger partial charge in [-0.3, -0.25) is 9.36 Å². The number of carbonyl (C=O) groups excluding carboxylic acids is 1. The van der Waals surface area contributed by atoms with Crippen molar-refractivity contribution in [2.45, 2.75) is 180 Å². The minimum atomic E-state index is -4.55. The molecule has 0 aromatic rings. The summed E-state index contributed by atoms with van der Waals surface area (Å²) in [4.78, 5) is 25.1. The zero-order valence-corrected chi connectivity index (χ0v) is 31.7. The number of nitrogens with zero attached hydrogens (tertiary/aromatic N) is 1. The van der Waals surface area contributed by atoms with Gasteiger partial charge in [-0.05, 0) is 38.5 Å². The molecule has 0 fully saturated rings. The number of aliphatic hydroxyl groups is 1. The average molecular weight is 675 g/mol. The lowest BCUT2D eigenvalue weighted by Crippen LogP contribution is -2.46. The van der Waals surface area contributed by atoms with Crippen molar-refractivity contribution in [3.05, 3.63) is 12.2 Å². The minimum absolute atomic E-state index is 0.0124. The monoisotopic (exact) mass is 675 g/mol. The van der Waals surface area contributed by atoms with Gasteiger partial charge in [0.05, 0.1) is 39.9 Å². The van der Waals surface area contributed by atoms with Crippen LogP contribution in [0.2, 0.25) is 0 Å². The fourth-order valence-electron chi connectivity index (χ4n) is 5.38. The predicted octanol–water partition coefficient (Wildman–Crippen LogP) is 9.00. The summed E-state index contributed by atoms with van der Waals surface area (Å²) >= 11 is 0. The molecule has 0 aliphatic carbocycles. The number of allylic oxidation sites excluding steroid dienone is 2. The third-order valence-electron chi connectivity index (χ3n) is 8.50. The largest absolute Gasteiger partial charge is 0.756 e. The number of aliphatic hydroxyl groups excluding tert-OH is 1. The van der Waals surface area contributed by atoms with Gasteiger partial charge >= 0.3 is 0 Å². The third-order valence-corrected chi connectivity index (χ3v) is 9.47. The Kier molecular flexibility index (Phi) is 29.8. The van der Waals surface area contributed by atoms with Gasteiger partial charge in [-0.15, -0.1) is 0 Å². The SMILES string of the molecule is CCCCCC/C=C\CCCCCCCCCC(=O)NC(COP(=O)([O-])OCC[N+](C)(C)C)C(O)CCCCCCCCCCC. The molecule has 0 radical (unpaired) electrons. The first kappa shape index (κ1) is 45.2. The van der Waals surface area contributed by atoms with Crippen LogP contribution in [0.3, 0.4) is 0 Å². The highest BCUT2D eigenvalue weighted by Gasteiger charge is 2.24. The number of nitrogens with one attached hydrogen (secondary N) is 1. The molecule has 0 aliphatic heterocycles. The summed E-state index contributed by atoms with van der Waals surface area (Å²) in [6, 6.07) is -0.795. The highest BCUT2D eigenvalue weighted by molar-refractivity contribution is 7.45. The van der Waals surface area contributed by atoms with E-state index in [4.69, 9.17) is 9.05 Å². The summed E-state index contributed by atoms with van der Waals surface area (Å²) in [5.41, 5.74) is 0. The number of likely N-dealkylation sites (N-methyl/N-ethyl adjacent to an activating group) is 1. The number of hydrogen-bond donors (Lipinski definition) is 2. The number of unbranched alkanes of at least 4 members (excludes halogenated alkanes) is 19. The van der Waals surface area contributed by atoms with Crippen molar-refractivity contribution in [1.29, 1.82) is 0 Å². The third kappa shape index (κ3) is 31.8. The van der Waals surface area contributed by atoms with Gasteiger partial charge in [0.2, 0.25) is 5.91 Å². The maximum atomic E-state index is 12.8. The molecule has 0 spiro atoms. The van der Waals surface area contributed by atoms with E-state index in [2.05, 4.69) is 31.3 Å². The fraction of sp³-hybridized carbons (Fsp3) is 0.919. The van der Waals surface area contributed by atoms with Gasteiger partial charge in [0, 0.05) is 6.42 Å². The summed E-state index contributed by atoms with van der Waals surface area (Å²) in [7, 11) is 1.30. The molecular formula is C37H75N2O6P. The molecule has 2 N–H and O–H groups in total. The number of phosphoric acid groups is 1. The minimum Gasteiger partial charge on any atom is -0.756 e. The molecule has 3 unspecified atom stereocenters. The van der Waals surface area contributed by atoms with Crippen LogP contribution in [0.1, 0.15) is 168 Å². The van der Waals surface area contributed by atoms with Crippen molar-refractivity contribution in [1.82, 2.24) is 5.32 Å². The van der Waals surface area contributed by atoms with Crippen LogP contribution in [-0.2, 0) is 18.4 Å². The molecule has 46 heavy (non-hydrogen) atoms. The molecule has 0 aromatic heterocycles. The lowest BCUT2D eigenvalue weighted by Gasteiger charge is -2.30. The summed E-state index contributed by atoms with van der Waals surface area (Å²) < 4.78 is 23.1. The van der Waals surface area contributed by atoms with Gasteiger partial charge in [-0.25, -0.2) is 0 Å². The summed E-state index contributed by atoms with van der Waals surface area (Å²) in [6.45, 7) is 4.66. The van der Waals surface area contributed by atoms with E-state index >= 15 is 0 Å². The maximum absolute atomic E-state index is 12.8. The van der Waals surface area contributed by atoms with E-state index in [-0.39, 0.29) is 19.1 Å². The van der Waals surface area contributed by atoms with E-state index < -0.39 is 20.0 Å². The highest BCUT2D eigenvalue weighted by atomic mass is 31.2. The smallest absolute Gasteiger partial charge is 0.268 e. The van der Waals surface area contributed by atoms with Crippen LogP contribution in [0.25, 0.3) is 0 Å². The second kappa shape index (κ2) is 30.3. The van der Waals surface area contributed by atoms with Crippen LogP contribution in [-0.4, -0.2) is 68.5 Å². The molecule has 0 heterocycles. The lowest BCUT2D eigenvalue weighted by atomic mass is 10.0. The van der Waals surface area contributed by atoms with Crippen LogP contribution in [0.15, 0.2) is 12.2 Å². The number of quaternary nitrogens is 1. The normalized spacial score (nSPS) is 14.8. The second-order valence-electron chi connectivity index (χ2n) is 14.3. The van der Waals surface area contributed by atoms with Gasteiger partial charge in [0.25, 0.3) is 7.82 Å². The van der Waals surface area contributed by atoms with E-state index in [0.29, 0.717) is 23.9 Å². The van der Waals surface area contributed by atoms with E-state index in [1.807, 2.05) is 21.1 Å². The Morgan fingerprint density at radius 2 is 1.20 bits per heavy atom. The van der Waals surface area contributed by atoms with Crippen molar-refractivity contribution in [3.8, 4) is 0 Å².